The molecule has 3 heteroatoms. The van der Waals surface area contributed by atoms with E-state index < -0.39 is 0 Å². The van der Waals surface area contributed by atoms with Gasteiger partial charge in [-0.2, -0.15) is 5.26 Å². The van der Waals surface area contributed by atoms with E-state index >= 15 is 0 Å². The largest absolute Gasteiger partial charge is 0.385 e. The minimum atomic E-state index is 0.626. The monoisotopic (exact) mass is 218 g/mol. The first-order valence-corrected chi connectivity index (χ1v) is 5.56. The topological polar surface area (TPSA) is 45.0 Å². The lowest BCUT2D eigenvalue weighted by atomic mass is 10.2. The molecule has 0 spiro atoms. The number of nitrogens with one attached hydrogen (secondary N) is 1. The SMILES string of the molecule is COCc1ccccc1NCCCCC#N. The molecule has 0 fully saturated rings. The molecular weight excluding hydrogens is 200 g/mol. The van der Waals surface area contributed by atoms with Crippen LogP contribution in [0.1, 0.15) is 24.8 Å². The molecule has 0 saturated heterocycles. The molecular formula is C13H18N2O. The fourth-order valence-corrected chi connectivity index (χ4v) is 1.53. The molecule has 0 aliphatic heterocycles. The summed E-state index contributed by atoms with van der Waals surface area (Å²) >= 11 is 0. The first-order chi connectivity index (χ1) is 7.88. The quantitative estimate of drug-likeness (QED) is 0.716. The number of para-hydroxylation sites is 1. The molecule has 1 N–H and O–H groups in total. The van der Waals surface area contributed by atoms with Gasteiger partial charge in [-0.3, -0.25) is 0 Å². The molecule has 86 valence electrons. The molecule has 0 amide bonds. The molecule has 1 aromatic carbocycles. The number of hydrogen-bond donors (Lipinski definition) is 1. The van der Waals surface area contributed by atoms with Crippen LogP contribution in [0, 0.1) is 11.3 Å². The van der Waals surface area contributed by atoms with Gasteiger partial charge >= 0.3 is 0 Å². The first kappa shape index (κ1) is 12.5. The van der Waals surface area contributed by atoms with Crippen molar-refractivity contribution >= 4 is 5.69 Å². The van der Waals surface area contributed by atoms with Crippen LogP contribution >= 0.6 is 0 Å². The summed E-state index contributed by atoms with van der Waals surface area (Å²) < 4.78 is 5.13. The van der Waals surface area contributed by atoms with Gasteiger partial charge in [0.25, 0.3) is 0 Å². The fourth-order valence-electron chi connectivity index (χ4n) is 1.53. The number of unbranched alkanes of at least 4 members (excludes halogenated alkanes) is 2. The van der Waals surface area contributed by atoms with E-state index in [-0.39, 0.29) is 0 Å². The molecule has 0 aromatic heterocycles. The Balaban J connectivity index is 2.38. The number of rotatable bonds is 7. The van der Waals surface area contributed by atoms with Crippen LogP contribution in [-0.2, 0) is 11.3 Å². The van der Waals surface area contributed by atoms with E-state index in [9.17, 15) is 0 Å². The number of hydrogen-bond acceptors (Lipinski definition) is 3. The molecule has 0 radical (unpaired) electrons. The summed E-state index contributed by atoms with van der Waals surface area (Å²) in [7, 11) is 1.70. The number of nitrogens with zero attached hydrogens (tertiary/aromatic N) is 1. The maximum atomic E-state index is 8.41. The summed E-state index contributed by atoms with van der Waals surface area (Å²) in [5.74, 6) is 0. The first-order valence-electron chi connectivity index (χ1n) is 5.56. The Bertz CT molecular complexity index is 344. The molecule has 3 nitrogen and oxygen atoms in total. The average Bonchev–Trinajstić information content (AvgIpc) is 2.31. The highest BCUT2D eigenvalue weighted by atomic mass is 16.5. The molecule has 0 unspecified atom stereocenters. The number of ether oxygens (including phenoxy) is 1. The second-order valence-electron chi connectivity index (χ2n) is 3.63. The third-order valence-corrected chi connectivity index (χ3v) is 2.35. The van der Waals surface area contributed by atoms with E-state index in [1.165, 1.54) is 5.56 Å². The van der Waals surface area contributed by atoms with Crippen LogP contribution in [0.2, 0.25) is 0 Å². The maximum Gasteiger partial charge on any atom is 0.0733 e. The van der Waals surface area contributed by atoms with Crippen molar-refractivity contribution in [3.8, 4) is 6.07 Å². The average molecular weight is 218 g/mol. The van der Waals surface area contributed by atoms with E-state index in [1.807, 2.05) is 12.1 Å². The third-order valence-electron chi connectivity index (χ3n) is 2.35. The van der Waals surface area contributed by atoms with E-state index in [2.05, 4.69) is 23.5 Å². The van der Waals surface area contributed by atoms with Gasteiger partial charge in [0.2, 0.25) is 0 Å². The smallest absolute Gasteiger partial charge is 0.0733 e. The lowest BCUT2D eigenvalue weighted by Crippen LogP contribution is -2.04. The molecule has 1 aromatic rings. The number of anilines is 1. The van der Waals surface area contributed by atoms with Crippen LogP contribution in [0.3, 0.4) is 0 Å². The van der Waals surface area contributed by atoms with Crippen molar-refractivity contribution in [1.82, 2.24) is 0 Å². The summed E-state index contributed by atoms with van der Waals surface area (Å²) in [6.45, 7) is 1.53. The van der Waals surface area contributed by atoms with E-state index in [1.54, 1.807) is 7.11 Å². The fraction of sp³-hybridized carbons (Fsp3) is 0.462. The van der Waals surface area contributed by atoms with Gasteiger partial charge in [-0.05, 0) is 18.9 Å². The Morgan fingerprint density at radius 1 is 1.31 bits per heavy atom. The highest BCUT2D eigenvalue weighted by Crippen LogP contribution is 2.15. The van der Waals surface area contributed by atoms with Crippen LogP contribution in [0.5, 0.6) is 0 Å². The molecule has 16 heavy (non-hydrogen) atoms. The zero-order valence-corrected chi connectivity index (χ0v) is 9.70. The predicted molar refractivity (Wildman–Crippen MR) is 65.1 cm³/mol. The zero-order chi connectivity index (χ0) is 11.6. The second kappa shape index (κ2) is 7.72. The molecule has 0 saturated carbocycles. The van der Waals surface area contributed by atoms with Crippen molar-refractivity contribution in [1.29, 1.82) is 5.26 Å². The van der Waals surface area contributed by atoms with Crippen LogP contribution < -0.4 is 5.32 Å². The maximum absolute atomic E-state index is 8.41. The third kappa shape index (κ3) is 4.33. The minimum Gasteiger partial charge on any atom is -0.385 e. The molecule has 0 bridgehead atoms. The molecule has 1 rings (SSSR count). The van der Waals surface area contributed by atoms with Crippen molar-refractivity contribution < 1.29 is 4.74 Å². The number of benzene rings is 1. The Morgan fingerprint density at radius 3 is 2.88 bits per heavy atom. The van der Waals surface area contributed by atoms with Crippen molar-refractivity contribution in [2.75, 3.05) is 19.0 Å². The van der Waals surface area contributed by atoms with Crippen molar-refractivity contribution in [2.45, 2.75) is 25.9 Å². The lowest BCUT2D eigenvalue weighted by molar-refractivity contribution is 0.185. The van der Waals surface area contributed by atoms with Crippen molar-refractivity contribution in [3.05, 3.63) is 29.8 Å². The predicted octanol–water partition coefficient (Wildman–Crippen LogP) is 2.94. The van der Waals surface area contributed by atoms with Gasteiger partial charge in [0.15, 0.2) is 0 Å². The van der Waals surface area contributed by atoms with Gasteiger partial charge < -0.3 is 10.1 Å². The van der Waals surface area contributed by atoms with Crippen LogP contribution in [0.15, 0.2) is 24.3 Å². The number of methoxy groups -OCH3 is 1. The van der Waals surface area contributed by atoms with Crippen molar-refractivity contribution in [2.24, 2.45) is 0 Å². The Hall–Kier alpha value is -1.53. The highest BCUT2D eigenvalue weighted by Gasteiger charge is 1.99. The molecule has 0 atom stereocenters. The molecule has 0 heterocycles. The summed E-state index contributed by atoms with van der Waals surface area (Å²) in [5.41, 5.74) is 2.30. The van der Waals surface area contributed by atoms with Crippen LogP contribution in [-0.4, -0.2) is 13.7 Å². The summed E-state index contributed by atoms with van der Waals surface area (Å²) in [4.78, 5) is 0. The van der Waals surface area contributed by atoms with E-state index in [0.717, 1.165) is 25.1 Å². The van der Waals surface area contributed by atoms with Crippen LogP contribution in [0.25, 0.3) is 0 Å². The second-order valence-corrected chi connectivity index (χ2v) is 3.63. The van der Waals surface area contributed by atoms with Gasteiger partial charge in [0.1, 0.15) is 0 Å². The van der Waals surface area contributed by atoms with Gasteiger partial charge in [-0.25, -0.2) is 0 Å². The molecule has 0 aliphatic rings. The van der Waals surface area contributed by atoms with E-state index in [4.69, 9.17) is 10.00 Å². The Morgan fingerprint density at radius 2 is 2.12 bits per heavy atom. The highest BCUT2D eigenvalue weighted by molar-refractivity contribution is 5.50. The minimum absolute atomic E-state index is 0.626. The van der Waals surface area contributed by atoms with Gasteiger partial charge in [0, 0.05) is 31.3 Å². The summed E-state index contributed by atoms with van der Waals surface area (Å²) in [6, 6.07) is 10.3. The lowest BCUT2D eigenvalue weighted by Gasteiger charge is -2.10. The van der Waals surface area contributed by atoms with Gasteiger partial charge in [-0.15, -0.1) is 0 Å². The van der Waals surface area contributed by atoms with E-state index in [0.29, 0.717) is 13.0 Å². The zero-order valence-electron chi connectivity index (χ0n) is 9.70. The van der Waals surface area contributed by atoms with Gasteiger partial charge in [-0.1, -0.05) is 18.2 Å². The Kier molecular flexibility index (Phi) is 6.05. The van der Waals surface area contributed by atoms with Gasteiger partial charge in [0.05, 0.1) is 12.7 Å². The van der Waals surface area contributed by atoms with Crippen LogP contribution in [0.4, 0.5) is 5.69 Å². The molecule has 0 aliphatic carbocycles. The summed E-state index contributed by atoms with van der Waals surface area (Å²) in [5, 5.41) is 11.8. The normalized spacial score (nSPS) is 9.75. The van der Waals surface area contributed by atoms with Crippen molar-refractivity contribution in [3.63, 3.8) is 0 Å². The number of nitriles is 1. The Labute approximate surface area is 97.0 Å². The standard InChI is InChI=1S/C13H18N2O/c1-16-11-12-7-3-4-8-13(12)15-10-6-2-5-9-14/h3-4,7-8,15H,2,5-6,10-11H2,1H3. The summed E-state index contributed by atoms with van der Waals surface area (Å²) in [6.07, 6.45) is 2.62.